The van der Waals surface area contributed by atoms with Gasteiger partial charge < -0.3 is 34.4 Å². The number of carboxylic acid groups (broad SMARTS) is 1. The van der Waals surface area contributed by atoms with Crippen LogP contribution in [0.5, 0.6) is 17.5 Å². The number of urea groups is 1. The van der Waals surface area contributed by atoms with Crippen LogP contribution in [0.15, 0.2) is 72.8 Å². The maximum atomic E-state index is 14.4. The molecule has 1 aromatic heterocycles. The number of hydrogen-bond acceptors (Lipinski definition) is 8. The van der Waals surface area contributed by atoms with E-state index < -0.39 is 29.6 Å². The first-order valence-electron chi connectivity index (χ1n) is 16.4. The Bertz CT molecular complexity index is 1650. The molecule has 1 saturated carbocycles. The van der Waals surface area contributed by atoms with E-state index in [1.807, 2.05) is 66.7 Å². The summed E-state index contributed by atoms with van der Waals surface area (Å²) in [6.07, 6.45) is 7.16. The van der Waals surface area contributed by atoms with Gasteiger partial charge in [0, 0.05) is 31.0 Å². The third kappa shape index (κ3) is 7.22. The van der Waals surface area contributed by atoms with Gasteiger partial charge in [0.05, 0.1) is 26.8 Å². The lowest BCUT2D eigenvalue weighted by atomic mass is 10.1. The van der Waals surface area contributed by atoms with Crippen molar-refractivity contribution in [1.29, 1.82) is 0 Å². The zero-order chi connectivity index (χ0) is 33.7. The lowest BCUT2D eigenvalue weighted by molar-refractivity contribution is -0.144. The third-order valence-electron chi connectivity index (χ3n) is 9.23. The number of aromatic nitrogens is 2. The van der Waals surface area contributed by atoms with E-state index in [9.17, 15) is 19.5 Å². The van der Waals surface area contributed by atoms with E-state index in [0.29, 0.717) is 37.0 Å². The molecular weight excluding hydrogens is 614 g/mol. The van der Waals surface area contributed by atoms with Gasteiger partial charge in [0.1, 0.15) is 23.4 Å². The molecule has 12 heteroatoms. The van der Waals surface area contributed by atoms with Gasteiger partial charge in [-0.15, -0.1) is 0 Å². The van der Waals surface area contributed by atoms with E-state index in [1.165, 1.54) is 12.0 Å². The minimum atomic E-state index is -1.39. The van der Waals surface area contributed by atoms with Gasteiger partial charge in [0.2, 0.25) is 17.7 Å². The topological polar surface area (TPSA) is 143 Å². The van der Waals surface area contributed by atoms with Gasteiger partial charge in [0.15, 0.2) is 5.82 Å². The van der Waals surface area contributed by atoms with Crippen LogP contribution in [0.2, 0.25) is 0 Å². The highest BCUT2D eigenvalue weighted by molar-refractivity contribution is 5.94. The van der Waals surface area contributed by atoms with Crippen LogP contribution in [0, 0.1) is 5.92 Å². The molecule has 1 saturated heterocycles. The minimum absolute atomic E-state index is 0.104. The number of nitrogens with one attached hydrogen (secondary N) is 1. The number of carbonyl (C=O) groups is 3. The van der Waals surface area contributed by atoms with Crippen molar-refractivity contribution in [3.05, 3.63) is 78.4 Å². The van der Waals surface area contributed by atoms with E-state index in [1.54, 1.807) is 18.1 Å². The van der Waals surface area contributed by atoms with Crippen LogP contribution in [0.4, 0.5) is 4.79 Å². The average molecular weight is 656 g/mol. The fourth-order valence-corrected chi connectivity index (χ4v) is 6.44. The molecule has 48 heavy (non-hydrogen) atoms. The molecule has 0 radical (unpaired) electrons. The predicted octanol–water partition coefficient (Wildman–Crippen LogP) is 4.69. The molecule has 4 atom stereocenters. The summed E-state index contributed by atoms with van der Waals surface area (Å²) in [5.41, 5.74) is 0.302. The number of aliphatic carboxylic acids is 1. The number of carbonyl (C=O) groups excluding carboxylic acids is 2. The fourth-order valence-electron chi connectivity index (χ4n) is 6.44. The largest absolute Gasteiger partial charge is 0.497 e. The maximum Gasteiger partial charge on any atom is 0.330 e. The van der Waals surface area contributed by atoms with E-state index in [4.69, 9.17) is 14.2 Å². The number of amides is 3. The molecular formula is C36H41N5O7. The Balaban J connectivity index is 1.30. The van der Waals surface area contributed by atoms with Crippen molar-refractivity contribution in [2.75, 3.05) is 27.3 Å². The Hall–Kier alpha value is -5.13. The molecule has 3 amide bonds. The number of ether oxygens (including phenoxy) is 3. The van der Waals surface area contributed by atoms with Gasteiger partial charge in [0.25, 0.3) is 0 Å². The molecule has 252 valence electrons. The van der Waals surface area contributed by atoms with Crippen LogP contribution < -0.4 is 19.5 Å². The Morgan fingerprint density at radius 2 is 1.77 bits per heavy atom. The Kier molecular flexibility index (Phi) is 9.79. The number of hydrogen-bond donors (Lipinski definition) is 2. The molecule has 3 heterocycles. The number of carboxylic acids is 1. The van der Waals surface area contributed by atoms with Gasteiger partial charge in [-0.05, 0) is 43.4 Å². The summed E-state index contributed by atoms with van der Waals surface area (Å²) < 4.78 is 17.1. The molecule has 2 N–H and O–H groups in total. The summed E-state index contributed by atoms with van der Waals surface area (Å²) in [5, 5.41) is 13.0. The van der Waals surface area contributed by atoms with E-state index in [0.717, 1.165) is 36.8 Å². The van der Waals surface area contributed by atoms with Crippen LogP contribution >= 0.6 is 0 Å². The molecule has 12 nitrogen and oxygen atoms in total. The second-order valence-electron chi connectivity index (χ2n) is 12.5. The first-order valence-corrected chi connectivity index (χ1v) is 16.4. The molecule has 3 aromatic rings. The zero-order valence-electron chi connectivity index (χ0n) is 27.2. The van der Waals surface area contributed by atoms with Crippen molar-refractivity contribution < 1.29 is 33.7 Å². The number of fused-ring (bicyclic) bond motifs is 2. The molecule has 0 bridgehead atoms. The highest BCUT2D eigenvalue weighted by atomic mass is 16.5. The molecule has 3 aliphatic rings. The van der Waals surface area contributed by atoms with Crippen molar-refractivity contribution in [2.45, 2.75) is 62.8 Å². The van der Waals surface area contributed by atoms with Crippen LogP contribution in [0.25, 0.3) is 11.4 Å². The Morgan fingerprint density at radius 1 is 1.00 bits per heavy atom. The van der Waals surface area contributed by atoms with Crippen LogP contribution in [-0.4, -0.2) is 87.8 Å². The van der Waals surface area contributed by atoms with Crippen LogP contribution in [-0.2, 0) is 16.1 Å². The fraction of sp³-hybridized carbons (Fsp3) is 0.417. The molecule has 2 aromatic carbocycles. The normalized spacial score (nSPS) is 24.4. The van der Waals surface area contributed by atoms with E-state index >= 15 is 0 Å². The van der Waals surface area contributed by atoms with Crippen molar-refractivity contribution in [3.8, 4) is 28.9 Å². The summed E-state index contributed by atoms with van der Waals surface area (Å²) in [4.78, 5) is 53.1. The van der Waals surface area contributed by atoms with Crippen molar-refractivity contribution in [3.63, 3.8) is 0 Å². The third-order valence-corrected chi connectivity index (χ3v) is 9.23. The number of methoxy groups -OCH3 is 2. The Labute approximate surface area is 279 Å². The smallest absolute Gasteiger partial charge is 0.330 e. The first kappa shape index (κ1) is 32.8. The predicted molar refractivity (Wildman–Crippen MR) is 177 cm³/mol. The van der Waals surface area contributed by atoms with Gasteiger partial charge in [-0.2, -0.15) is 9.97 Å². The van der Waals surface area contributed by atoms with Gasteiger partial charge in [-0.25, -0.2) is 9.59 Å². The standard InChI is InChI=1S/C36H41N5O7/c1-46-27-16-14-24(15-17-27)22-40-18-10-5-3-4-9-13-26-21-36(26,34(43)44)39-33(42)29-19-28(23-41(29)35(40)45)48-31-20-30(47-2)37-32(38-31)25-11-7-6-8-12-25/h6-9,11-17,20,26,28-29H,3-5,10,18-19,21-23H2,1-2H3,(H,39,42)(H,43,44)/t26-,28-,29+,36-/m1/s1. The summed E-state index contributed by atoms with van der Waals surface area (Å²) in [7, 11) is 3.11. The highest BCUT2D eigenvalue weighted by Gasteiger charge is 2.61. The Morgan fingerprint density at radius 3 is 2.50 bits per heavy atom. The van der Waals surface area contributed by atoms with Crippen molar-refractivity contribution in [1.82, 2.24) is 25.1 Å². The average Bonchev–Trinajstić information content (AvgIpc) is 3.64. The minimum Gasteiger partial charge on any atom is -0.497 e. The second-order valence-corrected chi connectivity index (χ2v) is 12.5. The van der Waals surface area contributed by atoms with E-state index in [-0.39, 0.29) is 30.8 Å². The summed E-state index contributed by atoms with van der Waals surface area (Å²) in [6, 6.07) is 17.3. The lowest BCUT2D eigenvalue weighted by Crippen LogP contribution is -2.55. The summed E-state index contributed by atoms with van der Waals surface area (Å²) >= 11 is 0. The number of allylic oxidation sites excluding steroid dienone is 1. The molecule has 2 fully saturated rings. The highest BCUT2D eigenvalue weighted by Crippen LogP contribution is 2.45. The monoisotopic (exact) mass is 655 g/mol. The molecule has 0 unspecified atom stereocenters. The summed E-state index contributed by atoms with van der Waals surface area (Å²) in [5.74, 6) is -0.229. The molecule has 0 spiro atoms. The van der Waals surface area contributed by atoms with Crippen molar-refractivity contribution >= 4 is 17.9 Å². The van der Waals surface area contributed by atoms with Gasteiger partial charge in [-0.1, -0.05) is 61.0 Å². The lowest BCUT2D eigenvalue weighted by Gasteiger charge is -2.32. The van der Waals surface area contributed by atoms with Gasteiger partial charge >= 0.3 is 12.0 Å². The first-order chi connectivity index (χ1) is 23.3. The van der Waals surface area contributed by atoms with E-state index in [2.05, 4.69) is 15.3 Å². The van der Waals surface area contributed by atoms with Gasteiger partial charge in [-0.3, -0.25) is 4.79 Å². The van der Waals surface area contributed by atoms with Crippen LogP contribution in [0.1, 0.15) is 44.1 Å². The number of benzene rings is 2. The quantitative estimate of drug-likeness (QED) is 0.330. The maximum absolute atomic E-state index is 14.4. The SMILES string of the molecule is COc1ccc(CN2CCCCCC=C[C@@H]3C[C@@]3(C(=O)O)NC(=O)[C@@H]3C[C@@H](Oc4cc(OC)nc(-c5ccccc5)n4)CN3C2=O)cc1. The molecule has 1 aliphatic carbocycles. The molecule has 2 aliphatic heterocycles. The second kappa shape index (κ2) is 14.3. The van der Waals surface area contributed by atoms with Crippen molar-refractivity contribution in [2.24, 2.45) is 5.92 Å². The zero-order valence-corrected chi connectivity index (χ0v) is 27.2. The summed E-state index contributed by atoms with van der Waals surface area (Å²) in [6.45, 7) is 0.937. The van der Waals surface area contributed by atoms with Crippen LogP contribution in [0.3, 0.4) is 0 Å². The number of rotatable bonds is 8. The number of nitrogens with zero attached hydrogens (tertiary/aromatic N) is 4. The molecule has 6 rings (SSSR count).